The quantitative estimate of drug-likeness (QED) is 0.0156. The summed E-state index contributed by atoms with van der Waals surface area (Å²) in [4.78, 5) is 107. The average Bonchev–Trinajstić information content (AvgIpc) is 1.61. The van der Waals surface area contributed by atoms with Crippen molar-refractivity contribution in [1.82, 2.24) is 89.7 Å². The Kier molecular flexibility index (Phi) is 35.7. The summed E-state index contributed by atoms with van der Waals surface area (Å²) < 4.78 is 41.5. The Morgan fingerprint density at radius 1 is 0.438 bits per heavy atom. The van der Waals surface area contributed by atoms with Gasteiger partial charge in [-0.1, -0.05) is 106 Å². The Bertz CT molecular complexity index is 7300. The number of carbonyl (C=O) groups excluding carboxylic acids is 4. The summed E-state index contributed by atoms with van der Waals surface area (Å²) in [5.74, 6) is 4.96. The molecule has 4 saturated heterocycles. The van der Waals surface area contributed by atoms with Gasteiger partial charge in [-0.2, -0.15) is 35.7 Å². The van der Waals surface area contributed by atoms with E-state index >= 15 is 0 Å². The van der Waals surface area contributed by atoms with Crippen LogP contribution >= 0.6 is 0 Å². The molecule has 3 amide bonds. The van der Waals surface area contributed by atoms with E-state index in [2.05, 4.69) is 53.9 Å². The summed E-state index contributed by atoms with van der Waals surface area (Å²) in [6, 6.07) is 67.3. The van der Waals surface area contributed by atoms with Gasteiger partial charge in [0, 0.05) is 70.0 Å². The summed E-state index contributed by atoms with van der Waals surface area (Å²) >= 11 is 0. The molecule has 0 saturated carbocycles. The molecule has 146 heavy (non-hydrogen) atoms. The van der Waals surface area contributed by atoms with Crippen LogP contribution in [0.25, 0.3) is 82.6 Å². The maximum atomic E-state index is 12.9. The van der Waals surface area contributed by atoms with Gasteiger partial charge in [-0.25, -0.2) is 45.6 Å². The molecule has 8 aromatic carbocycles. The molecule has 15 aromatic rings. The van der Waals surface area contributed by atoms with E-state index < -0.39 is 17.2 Å². The van der Waals surface area contributed by atoms with Gasteiger partial charge in [-0.15, -0.1) is 0 Å². The second-order valence-electron chi connectivity index (χ2n) is 36.1. The number of nitrogens with two attached hydrogens (primary N) is 3. The molecule has 19 rings (SSSR count). The number of H-pyrrole nitrogens is 3. The Labute approximate surface area is 841 Å². The number of nitrogen functional groups attached to an aromatic ring is 3. The van der Waals surface area contributed by atoms with E-state index in [1.54, 1.807) is 28.7 Å². The van der Waals surface area contributed by atoms with Crippen molar-refractivity contribution in [2.45, 2.75) is 143 Å². The number of carbonyl (C=O) groups is 5. The number of carboxylic acid groups (broad SMARTS) is 1. The Hall–Kier alpha value is -17.7. The third-order valence-corrected chi connectivity index (χ3v) is 23.5. The summed E-state index contributed by atoms with van der Waals surface area (Å²) in [7, 11) is 0. The molecule has 4 fully saturated rings. The number of benzene rings is 8. The molecule has 7 aromatic heterocycles. The number of aromatic amines is 3. The van der Waals surface area contributed by atoms with Crippen LogP contribution in [-0.2, 0) is 19.1 Å². The van der Waals surface area contributed by atoms with Gasteiger partial charge in [0.15, 0.2) is 23.2 Å². The van der Waals surface area contributed by atoms with E-state index in [0.29, 0.717) is 123 Å². The van der Waals surface area contributed by atoms with Crippen molar-refractivity contribution in [3.8, 4) is 91.0 Å². The molecule has 0 bridgehead atoms. The highest BCUT2D eigenvalue weighted by Crippen LogP contribution is 2.42. The van der Waals surface area contributed by atoms with Crippen LogP contribution in [0.4, 0.5) is 32.7 Å². The van der Waals surface area contributed by atoms with E-state index in [1.807, 2.05) is 265 Å². The normalized spacial score (nSPS) is 15.3. The zero-order valence-corrected chi connectivity index (χ0v) is 81.1. The highest BCUT2D eigenvalue weighted by atomic mass is 16.6. The monoisotopic (exact) mass is 1980 g/mol. The number of hydrogen-bond acceptors (Lipinski definition) is 27. The van der Waals surface area contributed by atoms with Gasteiger partial charge < -0.3 is 76.2 Å². The molecule has 0 radical (unpaired) electrons. The smallest absolute Gasteiger partial charge is 0.410 e. The Balaban J connectivity index is 0.000000181. The van der Waals surface area contributed by atoms with Gasteiger partial charge in [0.25, 0.3) is 16.7 Å². The van der Waals surface area contributed by atoms with Crippen molar-refractivity contribution in [1.29, 1.82) is 11.1 Å². The van der Waals surface area contributed by atoms with Crippen molar-refractivity contribution in [2.24, 2.45) is 0 Å². The van der Waals surface area contributed by atoms with Crippen LogP contribution < -0.4 is 58.1 Å². The topological polar surface area (TPSA) is 553 Å². The summed E-state index contributed by atoms with van der Waals surface area (Å²) in [6.07, 6.45) is 7.93. The SMILES string of the molecule is C.C=CC(=O)N1CCCC(n2nc(-c3ccc(Oc4ccccc4)cc3)c3c(N)n[nH]c(=O)c32)C1.C=CC(=O)O.CC(C)(C)OC(=O)N1CCCC(n2nc(-c3ccc(Oc4ccccc4)cc3)c3c(N)n[nH]c(=O)c32)C1.N=N.Nc1n[nH]c(=O)c2c1c(-c1ccc(Oc3ccccc3)cc1)nn2C1CCCNC1.O.[C-]#[N+]c1c(-c2ccc(Oc3ccccc3)cc2)nn(C2CCCN(C(=O)OC(C)(C)C)C2)c1C(C)=O.[HH]. The van der Waals surface area contributed by atoms with Crippen molar-refractivity contribution >= 4 is 85.7 Å². The number of ether oxygens (including phenoxy) is 6. The third kappa shape index (κ3) is 26.1. The first-order valence-corrected chi connectivity index (χ1v) is 46.7. The minimum absolute atomic E-state index is 0. The number of aliphatic carboxylic acids is 1. The third-order valence-electron chi connectivity index (χ3n) is 23.5. The van der Waals surface area contributed by atoms with Crippen LogP contribution in [0.5, 0.6) is 46.0 Å². The molecular formula is C106H120N24O16. The van der Waals surface area contributed by atoms with E-state index in [0.717, 1.165) is 110 Å². The molecule has 760 valence electrons. The highest BCUT2D eigenvalue weighted by Gasteiger charge is 2.37. The summed E-state index contributed by atoms with van der Waals surface area (Å²) in [5, 5.41) is 51.1. The van der Waals surface area contributed by atoms with Crippen LogP contribution in [-0.4, -0.2) is 188 Å². The van der Waals surface area contributed by atoms with Gasteiger partial charge in [-0.3, -0.25) is 42.7 Å². The number of ketones is 1. The predicted octanol–water partition coefficient (Wildman–Crippen LogP) is 18.9. The number of amides is 3. The van der Waals surface area contributed by atoms with Gasteiger partial charge in [0.2, 0.25) is 11.6 Å². The number of hydrogen-bond donors (Lipinski definition) is 10. The fourth-order valence-electron chi connectivity index (χ4n) is 17.1. The first-order chi connectivity index (χ1) is 69.4. The molecule has 4 aliphatic heterocycles. The molecule has 4 atom stereocenters. The maximum absolute atomic E-state index is 12.9. The first-order valence-electron chi connectivity index (χ1n) is 46.7. The molecule has 15 N–H and O–H groups in total. The molecule has 40 heteroatoms. The second-order valence-corrected chi connectivity index (χ2v) is 36.1. The number of Topliss-reactive ketones (excluding diaryl/α,β-unsaturated/α-hetero) is 1. The van der Waals surface area contributed by atoms with Crippen molar-refractivity contribution in [3.63, 3.8) is 0 Å². The Morgan fingerprint density at radius 2 is 0.719 bits per heavy atom. The van der Waals surface area contributed by atoms with Crippen LogP contribution in [0.15, 0.2) is 258 Å². The van der Waals surface area contributed by atoms with Gasteiger partial charge in [0.1, 0.15) is 96.5 Å². The number of nitrogens with zero attached hydrogens (tertiary/aromatic N) is 15. The van der Waals surface area contributed by atoms with Crippen LogP contribution in [0.3, 0.4) is 0 Å². The van der Waals surface area contributed by atoms with Crippen LogP contribution in [0, 0.1) is 17.6 Å². The Morgan fingerprint density at radius 3 is 1.01 bits per heavy atom. The number of rotatable bonds is 19. The number of anilines is 3. The average molecular weight is 1990 g/mol. The van der Waals surface area contributed by atoms with Crippen molar-refractivity contribution in [2.75, 3.05) is 69.6 Å². The van der Waals surface area contributed by atoms with E-state index in [4.69, 9.17) is 88.8 Å². The lowest BCUT2D eigenvalue weighted by Crippen LogP contribution is -2.43. The van der Waals surface area contributed by atoms with Gasteiger partial charge in [-0.05, 0) is 251 Å². The highest BCUT2D eigenvalue weighted by molar-refractivity contribution is 6.03. The lowest BCUT2D eigenvalue weighted by atomic mass is 10.1. The van der Waals surface area contributed by atoms with Crippen LogP contribution in [0.2, 0.25) is 0 Å². The number of aromatic nitrogens is 14. The lowest BCUT2D eigenvalue weighted by Gasteiger charge is -2.34. The van der Waals surface area contributed by atoms with Crippen LogP contribution in [0.1, 0.15) is 143 Å². The van der Waals surface area contributed by atoms with Gasteiger partial charge in [0.05, 0.1) is 52.6 Å². The fraction of sp³-hybridized carbons (Fsp3) is 0.283. The summed E-state index contributed by atoms with van der Waals surface area (Å²) in [6.45, 7) is 31.5. The fourth-order valence-corrected chi connectivity index (χ4v) is 17.1. The first kappa shape index (κ1) is 107. The minimum Gasteiger partial charge on any atom is -0.478 e. The molecule has 40 nitrogen and oxygen atoms in total. The summed E-state index contributed by atoms with van der Waals surface area (Å²) in [5.41, 5.74) is 33.3. The zero-order chi connectivity index (χ0) is 102. The molecular weight excluding hydrogens is 1870 g/mol. The zero-order valence-electron chi connectivity index (χ0n) is 81.1. The number of nitrogens with one attached hydrogen (secondary N) is 6. The minimum atomic E-state index is -0.981. The molecule has 0 aliphatic carbocycles. The molecule has 4 aliphatic rings. The van der Waals surface area contributed by atoms with E-state index in [1.165, 1.54) is 13.0 Å². The second kappa shape index (κ2) is 48.6. The molecule has 11 heterocycles. The molecule has 0 spiro atoms. The van der Waals surface area contributed by atoms with Gasteiger partial charge >= 0.3 is 18.2 Å². The number of carboxylic acids is 1. The largest absolute Gasteiger partial charge is 0.478 e. The maximum Gasteiger partial charge on any atom is 0.410 e. The number of para-hydroxylation sites is 4. The predicted molar refractivity (Wildman–Crippen MR) is 558 cm³/mol. The standard InChI is InChI=1S/C28H30N4O4.C27H30N6O4.C25H24N6O3.C22H22N6O2.C3H4O2.CH4.H2N2.H2O.H2/c1-19(33)26-25(29-5)24(20-13-15-23(16-14-20)35-22-11-7-6-8-12-22)30-32(26)21-10-9-17-31(18-21)27(34)36-28(2,3)4;1-27(2,3)37-26(35)32-15-7-8-18(16-32)33-23-21(24(28)29-30-25(23)34)22(31-33)17-11-13-20(14-12-17)36-19-9-5-4-6-10-19;1-2-20(32)30-14-6-7-17(15-30)31-23-21(24(26)27-28-25(23)33)22(29-31)16-10-12-19(13-11-16)34-18-8-4-3-5-9-18;23-21-18-19(14-8-10-17(11-9-14)30-16-6-2-1-3-7-16)27-28(15-5-4-12-24-13-15)20(18)22(29)26-25-21;1-2-3(4)5;;1-2;;/h6-8,11-16,21H,9-10,17-18H2,1-4H3;4-6,9-14,18H,7-8,15-16H2,1-3H3,(H2,28,29)(H,30,34);2-5,8-13,17H,1,6-7,14-15H2,(H2,26,27)(H,28,33);1-3,6-11,15,24H,4-5,12-13H2,(H2,23,25)(H,26,29);2H,1H2,(H,4,5);1H4;1-2H;1H2;1H. The van der Waals surface area contributed by atoms with E-state index in [-0.39, 0.29) is 108 Å². The molecule has 4 unspecified atom stereocenters. The number of piperidine rings is 4. The van der Waals surface area contributed by atoms with Crippen molar-refractivity contribution in [3.05, 3.63) is 292 Å². The van der Waals surface area contributed by atoms with E-state index in [9.17, 15) is 38.4 Å². The lowest BCUT2D eigenvalue weighted by molar-refractivity contribution is -0.131. The van der Waals surface area contributed by atoms with Crippen molar-refractivity contribution < 1.29 is 64.4 Å². The number of fused-ring (bicyclic) bond motifs is 3. The number of likely N-dealkylation sites (tertiary alicyclic amines) is 3.